The smallest absolute Gasteiger partial charge is 0.145 e. The van der Waals surface area contributed by atoms with Gasteiger partial charge in [0.25, 0.3) is 0 Å². The van der Waals surface area contributed by atoms with Gasteiger partial charge in [0.2, 0.25) is 0 Å². The second-order valence-electron chi connectivity index (χ2n) is 5.57. The lowest BCUT2D eigenvalue weighted by Gasteiger charge is -2.19. The molecule has 0 unspecified atom stereocenters. The summed E-state index contributed by atoms with van der Waals surface area (Å²) in [4.78, 5) is 4.21. The van der Waals surface area contributed by atoms with Crippen molar-refractivity contribution in [2.45, 2.75) is 32.7 Å². The van der Waals surface area contributed by atoms with Crippen LogP contribution in [0.25, 0.3) is 0 Å². The van der Waals surface area contributed by atoms with Gasteiger partial charge in [0.1, 0.15) is 11.5 Å². The molecule has 2 aromatic rings. The number of hydrogen-bond acceptors (Lipinski definition) is 3. The normalized spacial score (nSPS) is 11.4. The average molecular weight is 256 g/mol. The molecule has 19 heavy (non-hydrogen) atoms. The fourth-order valence-corrected chi connectivity index (χ4v) is 1.75. The number of pyridine rings is 1. The summed E-state index contributed by atoms with van der Waals surface area (Å²) in [5.41, 5.74) is 7.73. The number of nitrogens with zero attached hydrogens (tertiary/aromatic N) is 1. The van der Waals surface area contributed by atoms with E-state index < -0.39 is 0 Å². The van der Waals surface area contributed by atoms with Crippen molar-refractivity contribution in [2.75, 3.05) is 0 Å². The van der Waals surface area contributed by atoms with Crippen LogP contribution in [-0.2, 0) is 12.0 Å². The first-order chi connectivity index (χ1) is 8.99. The van der Waals surface area contributed by atoms with E-state index in [9.17, 15) is 0 Å². The molecule has 100 valence electrons. The molecule has 1 aromatic heterocycles. The summed E-state index contributed by atoms with van der Waals surface area (Å²) in [6, 6.07) is 11.9. The predicted molar refractivity (Wildman–Crippen MR) is 77.3 cm³/mol. The highest BCUT2D eigenvalue weighted by molar-refractivity contribution is 5.35. The van der Waals surface area contributed by atoms with Gasteiger partial charge in [0.15, 0.2) is 0 Å². The molecule has 0 aliphatic heterocycles. The molecule has 0 saturated heterocycles. The lowest BCUT2D eigenvalue weighted by atomic mass is 9.87. The third-order valence-electron chi connectivity index (χ3n) is 2.94. The topological polar surface area (TPSA) is 48.1 Å². The molecule has 0 amide bonds. The van der Waals surface area contributed by atoms with Gasteiger partial charge >= 0.3 is 0 Å². The zero-order valence-corrected chi connectivity index (χ0v) is 11.7. The summed E-state index contributed by atoms with van der Waals surface area (Å²) in [5, 5.41) is 0. The molecule has 0 spiro atoms. The van der Waals surface area contributed by atoms with Crippen LogP contribution in [-0.4, -0.2) is 4.98 Å². The van der Waals surface area contributed by atoms with Crippen molar-refractivity contribution in [1.29, 1.82) is 0 Å². The molecular formula is C16H20N2O. The Morgan fingerprint density at radius 2 is 1.89 bits per heavy atom. The van der Waals surface area contributed by atoms with Gasteiger partial charge < -0.3 is 10.5 Å². The standard InChI is InChI=1S/C16H20N2O/c1-16(2,3)12-5-4-6-14(9-12)19-15-8-7-13(10-17)18-11-15/h4-9,11H,10,17H2,1-3H3. The highest BCUT2D eigenvalue weighted by Crippen LogP contribution is 2.28. The van der Waals surface area contributed by atoms with Crippen molar-refractivity contribution in [1.82, 2.24) is 4.98 Å². The number of nitrogens with two attached hydrogens (primary N) is 1. The average Bonchev–Trinajstić information content (AvgIpc) is 2.39. The lowest BCUT2D eigenvalue weighted by Crippen LogP contribution is -2.10. The SMILES string of the molecule is CC(C)(C)c1cccc(Oc2ccc(CN)nc2)c1. The molecule has 0 atom stereocenters. The van der Waals surface area contributed by atoms with E-state index in [4.69, 9.17) is 10.5 Å². The van der Waals surface area contributed by atoms with Crippen LogP contribution in [0.15, 0.2) is 42.6 Å². The second-order valence-corrected chi connectivity index (χ2v) is 5.57. The highest BCUT2D eigenvalue weighted by Gasteiger charge is 2.14. The predicted octanol–water partition coefficient (Wildman–Crippen LogP) is 3.63. The maximum atomic E-state index is 5.81. The Morgan fingerprint density at radius 3 is 2.47 bits per heavy atom. The Bertz CT molecular complexity index is 541. The summed E-state index contributed by atoms with van der Waals surface area (Å²) >= 11 is 0. The third kappa shape index (κ3) is 3.55. The molecule has 1 aromatic carbocycles. The fourth-order valence-electron chi connectivity index (χ4n) is 1.75. The zero-order chi connectivity index (χ0) is 13.9. The molecule has 1 heterocycles. The monoisotopic (exact) mass is 256 g/mol. The molecule has 0 aliphatic rings. The summed E-state index contributed by atoms with van der Waals surface area (Å²) in [6.45, 7) is 7.00. The van der Waals surface area contributed by atoms with E-state index in [1.807, 2.05) is 24.3 Å². The van der Waals surface area contributed by atoms with Crippen molar-refractivity contribution in [2.24, 2.45) is 5.73 Å². The lowest BCUT2D eigenvalue weighted by molar-refractivity contribution is 0.476. The van der Waals surface area contributed by atoms with E-state index in [1.54, 1.807) is 6.20 Å². The van der Waals surface area contributed by atoms with Crippen molar-refractivity contribution in [3.8, 4) is 11.5 Å². The molecule has 0 saturated carbocycles. The van der Waals surface area contributed by atoms with Crippen LogP contribution in [0.1, 0.15) is 32.0 Å². The third-order valence-corrected chi connectivity index (χ3v) is 2.94. The number of benzene rings is 1. The zero-order valence-electron chi connectivity index (χ0n) is 11.7. The van der Waals surface area contributed by atoms with Gasteiger partial charge in [-0.1, -0.05) is 32.9 Å². The van der Waals surface area contributed by atoms with Gasteiger partial charge in [-0.05, 0) is 35.2 Å². The first kappa shape index (κ1) is 13.6. The Labute approximate surface area is 114 Å². The van der Waals surface area contributed by atoms with Crippen molar-refractivity contribution in [3.05, 3.63) is 53.9 Å². The molecule has 0 radical (unpaired) electrons. The van der Waals surface area contributed by atoms with Gasteiger partial charge in [0.05, 0.1) is 11.9 Å². The van der Waals surface area contributed by atoms with Crippen LogP contribution < -0.4 is 10.5 Å². The molecule has 3 nitrogen and oxygen atoms in total. The van der Waals surface area contributed by atoms with Crippen LogP contribution >= 0.6 is 0 Å². The molecule has 0 bridgehead atoms. The van der Waals surface area contributed by atoms with Crippen LogP contribution in [0.5, 0.6) is 11.5 Å². The van der Waals surface area contributed by atoms with E-state index in [0.717, 1.165) is 17.2 Å². The van der Waals surface area contributed by atoms with Gasteiger partial charge in [-0.15, -0.1) is 0 Å². The first-order valence-electron chi connectivity index (χ1n) is 6.42. The van der Waals surface area contributed by atoms with E-state index >= 15 is 0 Å². The van der Waals surface area contributed by atoms with Gasteiger partial charge in [0, 0.05) is 6.54 Å². The molecule has 0 aliphatic carbocycles. The maximum Gasteiger partial charge on any atom is 0.145 e. The molecule has 2 N–H and O–H groups in total. The van der Waals surface area contributed by atoms with Gasteiger partial charge in [-0.3, -0.25) is 4.98 Å². The minimum absolute atomic E-state index is 0.112. The Kier molecular flexibility index (Phi) is 3.86. The minimum atomic E-state index is 0.112. The van der Waals surface area contributed by atoms with Gasteiger partial charge in [-0.2, -0.15) is 0 Å². The van der Waals surface area contributed by atoms with Gasteiger partial charge in [-0.25, -0.2) is 0 Å². The van der Waals surface area contributed by atoms with Crippen LogP contribution in [0.3, 0.4) is 0 Å². The fraction of sp³-hybridized carbons (Fsp3) is 0.312. The van der Waals surface area contributed by atoms with Crippen molar-refractivity contribution in [3.63, 3.8) is 0 Å². The number of aromatic nitrogens is 1. The Morgan fingerprint density at radius 1 is 1.11 bits per heavy atom. The minimum Gasteiger partial charge on any atom is -0.456 e. The second kappa shape index (κ2) is 5.41. The molecule has 0 fully saturated rings. The number of hydrogen-bond donors (Lipinski definition) is 1. The van der Waals surface area contributed by atoms with Crippen LogP contribution in [0, 0.1) is 0 Å². The summed E-state index contributed by atoms with van der Waals surface area (Å²) in [5.74, 6) is 1.55. The van der Waals surface area contributed by atoms with Crippen molar-refractivity contribution >= 4 is 0 Å². The van der Waals surface area contributed by atoms with E-state index in [0.29, 0.717) is 6.54 Å². The van der Waals surface area contributed by atoms with Crippen LogP contribution in [0.2, 0.25) is 0 Å². The largest absolute Gasteiger partial charge is 0.456 e. The molecule has 3 heteroatoms. The molecule has 2 rings (SSSR count). The van der Waals surface area contributed by atoms with E-state index in [2.05, 4.69) is 37.9 Å². The summed E-state index contributed by atoms with van der Waals surface area (Å²) in [6.07, 6.45) is 1.70. The van der Waals surface area contributed by atoms with E-state index in [1.165, 1.54) is 5.56 Å². The molecular weight excluding hydrogens is 236 g/mol. The number of ether oxygens (including phenoxy) is 1. The summed E-state index contributed by atoms with van der Waals surface area (Å²) in [7, 11) is 0. The van der Waals surface area contributed by atoms with Crippen molar-refractivity contribution < 1.29 is 4.74 Å². The Balaban J connectivity index is 2.18. The maximum absolute atomic E-state index is 5.81. The summed E-state index contributed by atoms with van der Waals surface area (Å²) < 4.78 is 5.81. The van der Waals surface area contributed by atoms with E-state index in [-0.39, 0.29) is 5.41 Å². The first-order valence-corrected chi connectivity index (χ1v) is 6.42. The highest BCUT2D eigenvalue weighted by atomic mass is 16.5. The quantitative estimate of drug-likeness (QED) is 0.912. The number of rotatable bonds is 3. The Hall–Kier alpha value is -1.87. The van der Waals surface area contributed by atoms with Crippen LogP contribution in [0.4, 0.5) is 0 Å².